The van der Waals surface area contributed by atoms with E-state index in [0.717, 1.165) is 11.1 Å². The van der Waals surface area contributed by atoms with Crippen LogP contribution in [0.3, 0.4) is 0 Å². The van der Waals surface area contributed by atoms with E-state index in [0.29, 0.717) is 25.9 Å². The van der Waals surface area contributed by atoms with Crippen LogP contribution in [0.5, 0.6) is 0 Å². The van der Waals surface area contributed by atoms with Gasteiger partial charge in [-0.05, 0) is 48.2 Å². The van der Waals surface area contributed by atoms with Crippen LogP contribution in [0, 0.1) is 11.6 Å². The molecule has 0 fully saturated rings. The number of hydrogen-bond donors (Lipinski definition) is 2. The Kier molecular flexibility index (Phi) is 5.89. The molecule has 2 rings (SSSR count). The minimum absolute atomic E-state index is 0.281. The average Bonchev–Trinajstić information content (AvgIpc) is 2.47. The summed E-state index contributed by atoms with van der Waals surface area (Å²) >= 11 is 0. The molecule has 0 bridgehead atoms. The van der Waals surface area contributed by atoms with E-state index in [2.05, 4.69) is 10.6 Å². The fourth-order valence-corrected chi connectivity index (χ4v) is 2.09. The van der Waals surface area contributed by atoms with Gasteiger partial charge in [-0.3, -0.25) is 0 Å². The van der Waals surface area contributed by atoms with Crippen molar-refractivity contribution in [2.45, 2.75) is 12.8 Å². The molecule has 0 aromatic heterocycles. The largest absolute Gasteiger partial charge is 0.338 e. The van der Waals surface area contributed by atoms with Gasteiger partial charge in [0.25, 0.3) is 0 Å². The molecule has 0 saturated carbocycles. The Bertz CT molecular complexity index is 578. The lowest BCUT2D eigenvalue weighted by Gasteiger charge is -2.08. The van der Waals surface area contributed by atoms with Crippen molar-refractivity contribution >= 4 is 6.03 Å². The molecule has 0 atom stereocenters. The maximum Gasteiger partial charge on any atom is 0.314 e. The molecule has 3 nitrogen and oxygen atoms in total. The average molecular weight is 304 g/mol. The van der Waals surface area contributed by atoms with E-state index in [4.69, 9.17) is 0 Å². The monoisotopic (exact) mass is 304 g/mol. The van der Waals surface area contributed by atoms with Gasteiger partial charge in [0.2, 0.25) is 0 Å². The van der Waals surface area contributed by atoms with Gasteiger partial charge in [-0.25, -0.2) is 13.6 Å². The number of rotatable bonds is 6. The summed E-state index contributed by atoms with van der Waals surface area (Å²) in [6, 6.07) is 12.3. The minimum Gasteiger partial charge on any atom is -0.338 e. The SMILES string of the molecule is O=C(NCCc1cccc(F)c1)NCCc1cccc(F)c1. The van der Waals surface area contributed by atoms with Crippen molar-refractivity contribution in [2.75, 3.05) is 13.1 Å². The van der Waals surface area contributed by atoms with Gasteiger partial charge in [0.15, 0.2) is 0 Å². The van der Waals surface area contributed by atoms with Gasteiger partial charge < -0.3 is 10.6 Å². The lowest BCUT2D eigenvalue weighted by Crippen LogP contribution is -2.37. The molecule has 2 N–H and O–H groups in total. The molecule has 0 saturated heterocycles. The first-order chi connectivity index (χ1) is 10.6. The van der Waals surface area contributed by atoms with Crippen LogP contribution in [0.15, 0.2) is 48.5 Å². The topological polar surface area (TPSA) is 41.1 Å². The van der Waals surface area contributed by atoms with E-state index in [1.54, 1.807) is 12.1 Å². The highest BCUT2D eigenvalue weighted by molar-refractivity contribution is 5.73. The molecule has 0 aliphatic rings. The molecule has 0 radical (unpaired) electrons. The van der Waals surface area contributed by atoms with E-state index in [-0.39, 0.29) is 17.7 Å². The van der Waals surface area contributed by atoms with Gasteiger partial charge >= 0.3 is 6.03 Å². The van der Waals surface area contributed by atoms with Gasteiger partial charge in [0, 0.05) is 13.1 Å². The van der Waals surface area contributed by atoms with Crippen LogP contribution in [0.1, 0.15) is 11.1 Å². The Morgan fingerprint density at radius 2 is 1.27 bits per heavy atom. The van der Waals surface area contributed by atoms with Gasteiger partial charge in [-0.2, -0.15) is 0 Å². The highest BCUT2D eigenvalue weighted by Crippen LogP contribution is 2.04. The molecule has 0 unspecified atom stereocenters. The first-order valence-electron chi connectivity index (χ1n) is 7.14. The third-order valence-electron chi connectivity index (χ3n) is 3.18. The number of carbonyl (C=O) groups excluding carboxylic acids is 1. The number of halogens is 2. The summed E-state index contributed by atoms with van der Waals surface area (Å²) < 4.78 is 26.0. The van der Waals surface area contributed by atoms with Crippen molar-refractivity contribution in [3.05, 3.63) is 71.3 Å². The van der Waals surface area contributed by atoms with Crippen LogP contribution >= 0.6 is 0 Å². The fourth-order valence-electron chi connectivity index (χ4n) is 2.09. The molecule has 0 spiro atoms. The molecule has 22 heavy (non-hydrogen) atoms. The number of urea groups is 1. The molecular formula is C17H18F2N2O. The smallest absolute Gasteiger partial charge is 0.314 e. The Labute approximate surface area is 128 Å². The van der Waals surface area contributed by atoms with Crippen LogP contribution < -0.4 is 10.6 Å². The first-order valence-corrected chi connectivity index (χ1v) is 7.14. The maximum absolute atomic E-state index is 13.0. The lowest BCUT2D eigenvalue weighted by molar-refractivity contribution is 0.241. The highest BCUT2D eigenvalue weighted by Gasteiger charge is 2.01. The Morgan fingerprint density at radius 3 is 1.68 bits per heavy atom. The number of amides is 2. The molecule has 0 aliphatic carbocycles. The fraction of sp³-hybridized carbons (Fsp3) is 0.235. The number of benzene rings is 2. The summed E-state index contributed by atoms with van der Waals surface area (Å²) in [5.74, 6) is -0.561. The molecule has 0 heterocycles. The van der Waals surface area contributed by atoms with Crippen LogP contribution in [0.25, 0.3) is 0 Å². The van der Waals surface area contributed by atoms with Crippen LogP contribution in [-0.4, -0.2) is 19.1 Å². The summed E-state index contributed by atoms with van der Waals surface area (Å²) in [5.41, 5.74) is 1.67. The quantitative estimate of drug-likeness (QED) is 0.846. The van der Waals surface area contributed by atoms with Gasteiger partial charge in [-0.1, -0.05) is 24.3 Å². The van der Waals surface area contributed by atoms with Crippen molar-refractivity contribution in [3.8, 4) is 0 Å². The Morgan fingerprint density at radius 1 is 0.818 bits per heavy atom. The Balaban J connectivity index is 1.64. The number of hydrogen-bond acceptors (Lipinski definition) is 1. The van der Waals surface area contributed by atoms with Crippen LogP contribution in [0.2, 0.25) is 0 Å². The molecule has 2 amide bonds. The maximum atomic E-state index is 13.0. The van der Waals surface area contributed by atoms with Crippen LogP contribution in [-0.2, 0) is 12.8 Å². The molecule has 0 aliphatic heterocycles. The van der Waals surface area contributed by atoms with Crippen molar-refractivity contribution in [1.29, 1.82) is 0 Å². The van der Waals surface area contributed by atoms with Gasteiger partial charge in [0.1, 0.15) is 11.6 Å². The minimum atomic E-state index is -0.284. The van der Waals surface area contributed by atoms with Crippen molar-refractivity contribution in [2.24, 2.45) is 0 Å². The number of carbonyl (C=O) groups is 1. The molecule has 2 aromatic carbocycles. The zero-order chi connectivity index (χ0) is 15.8. The zero-order valence-corrected chi connectivity index (χ0v) is 12.1. The van der Waals surface area contributed by atoms with E-state index in [1.807, 2.05) is 12.1 Å². The third-order valence-corrected chi connectivity index (χ3v) is 3.18. The molecule has 5 heteroatoms. The predicted molar refractivity (Wildman–Crippen MR) is 81.6 cm³/mol. The Hall–Kier alpha value is -2.43. The highest BCUT2D eigenvalue weighted by atomic mass is 19.1. The summed E-state index contributed by atoms with van der Waals surface area (Å²) in [7, 11) is 0. The molecular weight excluding hydrogens is 286 g/mol. The predicted octanol–water partition coefficient (Wildman–Crippen LogP) is 3.05. The van der Waals surface area contributed by atoms with Gasteiger partial charge in [-0.15, -0.1) is 0 Å². The third kappa shape index (κ3) is 5.52. The summed E-state index contributed by atoms with van der Waals surface area (Å²) in [6.45, 7) is 0.852. The second-order valence-corrected chi connectivity index (χ2v) is 4.94. The normalized spacial score (nSPS) is 10.3. The second kappa shape index (κ2) is 8.12. The lowest BCUT2D eigenvalue weighted by atomic mass is 10.1. The summed E-state index contributed by atoms with van der Waals surface area (Å²) in [5, 5.41) is 5.40. The molecule has 2 aromatic rings. The van der Waals surface area contributed by atoms with E-state index >= 15 is 0 Å². The molecule has 116 valence electrons. The zero-order valence-electron chi connectivity index (χ0n) is 12.1. The van der Waals surface area contributed by atoms with E-state index in [9.17, 15) is 13.6 Å². The standard InChI is InChI=1S/C17H18F2N2O/c18-15-5-1-3-13(11-15)7-9-20-17(22)21-10-8-14-4-2-6-16(19)12-14/h1-6,11-12H,7-10H2,(H2,20,21,22). The van der Waals surface area contributed by atoms with Crippen molar-refractivity contribution in [1.82, 2.24) is 10.6 Å². The van der Waals surface area contributed by atoms with E-state index < -0.39 is 0 Å². The van der Waals surface area contributed by atoms with Crippen molar-refractivity contribution < 1.29 is 13.6 Å². The summed E-state index contributed by atoms with van der Waals surface area (Å²) in [4.78, 5) is 11.6. The summed E-state index contributed by atoms with van der Waals surface area (Å²) in [6.07, 6.45) is 1.13. The van der Waals surface area contributed by atoms with Gasteiger partial charge in [0.05, 0.1) is 0 Å². The van der Waals surface area contributed by atoms with Crippen LogP contribution in [0.4, 0.5) is 13.6 Å². The second-order valence-electron chi connectivity index (χ2n) is 4.94. The van der Waals surface area contributed by atoms with E-state index in [1.165, 1.54) is 24.3 Å². The number of nitrogens with one attached hydrogen (secondary N) is 2. The van der Waals surface area contributed by atoms with Crippen molar-refractivity contribution in [3.63, 3.8) is 0 Å². The first kappa shape index (κ1) is 15.9.